The molecule has 2 amide bonds. The molecule has 2 heterocycles. The summed E-state index contributed by atoms with van der Waals surface area (Å²) in [6.07, 6.45) is 5.22. The van der Waals surface area contributed by atoms with Crippen molar-refractivity contribution >= 4 is 22.9 Å². The predicted molar refractivity (Wildman–Crippen MR) is 147 cm³/mol. The normalized spacial score (nSPS) is 22.2. The summed E-state index contributed by atoms with van der Waals surface area (Å²) in [5.74, 6) is 2.11. The van der Waals surface area contributed by atoms with Crippen molar-refractivity contribution in [3.8, 4) is 5.75 Å². The minimum absolute atomic E-state index is 0.0590. The zero-order valence-electron chi connectivity index (χ0n) is 23.7. The van der Waals surface area contributed by atoms with Gasteiger partial charge in [-0.1, -0.05) is 13.8 Å². The maximum absolute atomic E-state index is 13.9. The Bertz CT molecular complexity index is 1110. The highest BCUT2D eigenvalue weighted by Crippen LogP contribution is 2.41. The molecular formula is C30H45N3O4. The van der Waals surface area contributed by atoms with Crippen molar-refractivity contribution in [3.05, 3.63) is 29.5 Å². The maximum atomic E-state index is 13.9. The van der Waals surface area contributed by atoms with Gasteiger partial charge in [-0.05, 0) is 94.9 Å². The number of aromatic amines is 1. The van der Waals surface area contributed by atoms with Gasteiger partial charge in [-0.15, -0.1) is 0 Å². The third kappa shape index (κ3) is 6.24. The smallest absolute Gasteiger partial charge is 0.410 e. The van der Waals surface area contributed by atoms with Crippen LogP contribution in [-0.2, 0) is 16.0 Å². The molecule has 1 saturated carbocycles. The largest absolute Gasteiger partial charge is 0.497 e. The predicted octanol–water partition coefficient (Wildman–Crippen LogP) is 6.32. The van der Waals surface area contributed by atoms with Crippen LogP contribution in [0.25, 0.3) is 10.9 Å². The van der Waals surface area contributed by atoms with Crippen LogP contribution in [0.1, 0.15) is 84.0 Å². The Hall–Kier alpha value is -2.70. The molecule has 0 radical (unpaired) electrons. The monoisotopic (exact) mass is 511 g/mol. The highest BCUT2D eigenvalue weighted by atomic mass is 16.6. The average Bonchev–Trinajstić information content (AvgIpc) is 3.21. The maximum Gasteiger partial charge on any atom is 0.410 e. The Kier molecular flexibility index (Phi) is 8.10. The van der Waals surface area contributed by atoms with E-state index in [1.807, 2.05) is 33.9 Å². The molecule has 37 heavy (non-hydrogen) atoms. The molecule has 1 aliphatic heterocycles. The fourth-order valence-corrected chi connectivity index (χ4v) is 6.06. The van der Waals surface area contributed by atoms with E-state index in [9.17, 15) is 9.59 Å². The molecule has 0 saturated heterocycles. The number of hydrogen-bond donors (Lipinski definition) is 1. The van der Waals surface area contributed by atoms with Gasteiger partial charge in [0.15, 0.2) is 0 Å². The average molecular weight is 512 g/mol. The van der Waals surface area contributed by atoms with E-state index >= 15 is 0 Å². The zero-order valence-corrected chi connectivity index (χ0v) is 23.7. The van der Waals surface area contributed by atoms with Crippen LogP contribution in [0.3, 0.4) is 0 Å². The van der Waals surface area contributed by atoms with Gasteiger partial charge < -0.3 is 24.3 Å². The molecule has 7 heteroatoms. The van der Waals surface area contributed by atoms with Crippen LogP contribution >= 0.6 is 0 Å². The number of methoxy groups -OCH3 is 1. The summed E-state index contributed by atoms with van der Waals surface area (Å²) < 4.78 is 11.0. The van der Waals surface area contributed by atoms with E-state index in [0.29, 0.717) is 24.3 Å². The molecule has 1 atom stereocenters. The first-order valence-corrected chi connectivity index (χ1v) is 13.9. The van der Waals surface area contributed by atoms with Crippen LogP contribution < -0.4 is 4.74 Å². The Labute approximate surface area is 221 Å². The Balaban J connectivity index is 1.43. The number of fused-ring (bicyclic) bond motifs is 3. The van der Waals surface area contributed by atoms with Crippen molar-refractivity contribution in [1.29, 1.82) is 0 Å². The molecule has 2 aromatic rings. The van der Waals surface area contributed by atoms with E-state index in [-0.39, 0.29) is 18.1 Å². The highest BCUT2D eigenvalue weighted by Gasteiger charge is 2.38. The molecule has 1 unspecified atom stereocenters. The van der Waals surface area contributed by atoms with E-state index in [2.05, 4.69) is 35.9 Å². The lowest BCUT2D eigenvalue weighted by atomic mass is 9.80. The molecule has 0 bridgehead atoms. The van der Waals surface area contributed by atoms with Crippen molar-refractivity contribution in [1.82, 2.24) is 14.8 Å². The van der Waals surface area contributed by atoms with Crippen molar-refractivity contribution in [2.75, 3.05) is 27.2 Å². The van der Waals surface area contributed by atoms with Gasteiger partial charge in [0.1, 0.15) is 11.4 Å². The molecule has 1 aliphatic carbocycles. The van der Waals surface area contributed by atoms with Crippen molar-refractivity contribution in [2.45, 2.75) is 84.8 Å². The molecule has 1 aromatic heterocycles. The summed E-state index contributed by atoms with van der Waals surface area (Å²) in [7, 11) is 3.51. The number of benzene rings is 1. The van der Waals surface area contributed by atoms with Gasteiger partial charge >= 0.3 is 6.09 Å². The summed E-state index contributed by atoms with van der Waals surface area (Å²) in [4.78, 5) is 33.8. The van der Waals surface area contributed by atoms with Crippen LogP contribution in [0, 0.1) is 17.8 Å². The standard InChI is InChI=1S/C30H45N3O4/c1-19(2)16-26-27-23(24-17-22(36-7)12-13-25(24)31-27)14-15-33(26)28(34)21-10-8-20(9-11-21)18-32(6)29(35)37-30(3,4)5/h12-13,17,19-21,26,31H,8-11,14-16,18H2,1-7H3. The SMILES string of the molecule is COc1ccc2[nH]c3c(c2c1)CCN(C(=O)C1CCC(CN(C)C(=O)OC(C)(C)C)CC1)C3CC(C)C. The lowest BCUT2D eigenvalue weighted by molar-refractivity contribution is -0.140. The minimum Gasteiger partial charge on any atom is -0.497 e. The summed E-state index contributed by atoms with van der Waals surface area (Å²) in [6.45, 7) is 11.6. The minimum atomic E-state index is -0.493. The van der Waals surface area contributed by atoms with Crippen molar-refractivity contribution in [3.63, 3.8) is 0 Å². The van der Waals surface area contributed by atoms with Crippen LogP contribution in [-0.4, -0.2) is 59.6 Å². The van der Waals surface area contributed by atoms with E-state index in [4.69, 9.17) is 9.47 Å². The summed E-state index contributed by atoms with van der Waals surface area (Å²) in [6, 6.07) is 6.26. The fourth-order valence-electron chi connectivity index (χ4n) is 6.06. The molecule has 1 aromatic carbocycles. The van der Waals surface area contributed by atoms with Crippen molar-refractivity contribution < 1.29 is 19.1 Å². The highest BCUT2D eigenvalue weighted by molar-refractivity contribution is 5.87. The van der Waals surface area contributed by atoms with Crippen LogP contribution in [0.15, 0.2) is 18.2 Å². The van der Waals surface area contributed by atoms with Gasteiger partial charge in [0.2, 0.25) is 5.91 Å². The quantitative estimate of drug-likeness (QED) is 0.492. The van der Waals surface area contributed by atoms with Crippen LogP contribution in [0.4, 0.5) is 4.79 Å². The van der Waals surface area contributed by atoms with Crippen molar-refractivity contribution in [2.24, 2.45) is 17.8 Å². The molecule has 1 N–H and O–H groups in total. The Morgan fingerprint density at radius 3 is 2.49 bits per heavy atom. The molecule has 1 fully saturated rings. The summed E-state index contributed by atoms with van der Waals surface area (Å²) in [5.41, 5.74) is 3.15. The van der Waals surface area contributed by atoms with Crippen LogP contribution in [0.5, 0.6) is 5.75 Å². The molecule has 2 aliphatic rings. The number of rotatable bonds is 6. The van der Waals surface area contributed by atoms with Gasteiger partial charge in [-0.2, -0.15) is 0 Å². The number of carbonyl (C=O) groups excluding carboxylic acids is 2. The fraction of sp³-hybridized carbons (Fsp3) is 0.667. The number of amides is 2. The molecule has 0 spiro atoms. The third-order valence-electron chi connectivity index (χ3n) is 7.87. The van der Waals surface area contributed by atoms with E-state index in [1.54, 1.807) is 12.0 Å². The first kappa shape index (κ1) is 27.3. The second-order valence-electron chi connectivity index (χ2n) is 12.4. The van der Waals surface area contributed by atoms with Crippen LogP contribution in [0.2, 0.25) is 0 Å². The number of nitrogens with one attached hydrogen (secondary N) is 1. The van der Waals surface area contributed by atoms with Gasteiger partial charge in [-0.25, -0.2) is 4.79 Å². The van der Waals surface area contributed by atoms with E-state index in [1.165, 1.54) is 16.6 Å². The second-order valence-corrected chi connectivity index (χ2v) is 12.4. The summed E-state index contributed by atoms with van der Waals surface area (Å²) >= 11 is 0. The molecular weight excluding hydrogens is 466 g/mol. The molecule has 7 nitrogen and oxygen atoms in total. The Morgan fingerprint density at radius 1 is 1.16 bits per heavy atom. The number of H-pyrrole nitrogens is 1. The first-order chi connectivity index (χ1) is 17.5. The second kappa shape index (κ2) is 11.0. The van der Waals surface area contributed by atoms with Gasteiger partial charge in [-0.3, -0.25) is 4.79 Å². The van der Waals surface area contributed by atoms with E-state index in [0.717, 1.165) is 56.3 Å². The lowest BCUT2D eigenvalue weighted by Crippen LogP contribution is -2.45. The third-order valence-corrected chi connectivity index (χ3v) is 7.87. The molecule has 204 valence electrons. The summed E-state index contributed by atoms with van der Waals surface area (Å²) in [5, 5.41) is 1.21. The number of hydrogen-bond acceptors (Lipinski definition) is 4. The lowest BCUT2D eigenvalue weighted by Gasteiger charge is -2.40. The molecule has 4 rings (SSSR count). The number of aromatic nitrogens is 1. The number of carbonyl (C=O) groups is 2. The Morgan fingerprint density at radius 2 is 1.86 bits per heavy atom. The number of nitrogens with zero attached hydrogens (tertiary/aromatic N) is 2. The van der Waals surface area contributed by atoms with Gasteiger partial charge in [0.05, 0.1) is 13.2 Å². The number of ether oxygens (including phenoxy) is 2. The van der Waals surface area contributed by atoms with E-state index < -0.39 is 5.60 Å². The van der Waals surface area contributed by atoms with Gasteiger partial charge in [0, 0.05) is 42.7 Å². The topological polar surface area (TPSA) is 74.9 Å². The van der Waals surface area contributed by atoms with Gasteiger partial charge in [0.25, 0.3) is 0 Å². The zero-order chi connectivity index (χ0) is 26.9. The first-order valence-electron chi connectivity index (χ1n) is 13.9.